The first kappa shape index (κ1) is 25.6. The molecular formula is C27H23FN4O4S2. The maximum Gasteiger partial charge on any atom is 0.264 e. The Labute approximate surface area is 227 Å². The Hall–Kier alpha value is -4.09. The average molecular weight is 551 g/mol. The molecule has 1 aliphatic heterocycles. The Morgan fingerprint density at radius 1 is 1.11 bits per heavy atom. The van der Waals surface area contributed by atoms with Crippen molar-refractivity contribution in [2.45, 2.75) is 19.3 Å². The van der Waals surface area contributed by atoms with E-state index in [0.29, 0.717) is 32.1 Å². The lowest BCUT2D eigenvalue weighted by Crippen LogP contribution is -2.35. The number of aromatic hydroxyl groups is 1. The largest absolute Gasteiger partial charge is 0.508 e. The summed E-state index contributed by atoms with van der Waals surface area (Å²) in [4.78, 5) is 31.8. The monoisotopic (exact) mass is 550 g/mol. The summed E-state index contributed by atoms with van der Waals surface area (Å²) in [6, 6.07) is 14.1. The molecule has 1 fully saturated rings. The number of rotatable bonds is 6. The number of ether oxygens (including phenoxy) is 1. The molecule has 2 aromatic carbocycles. The molecule has 0 saturated carbocycles. The third kappa shape index (κ3) is 5.74. The highest BCUT2D eigenvalue weighted by Crippen LogP contribution is 2.36. The normalized spacial score (nSPS) is 12.9. The third-order valence-electron chi connectivity index (χ3n) is 5.99. The molecule has 11 heteroatoms. The van der Waals surface area contributed by atoms with Gasteiger partial charge in [-0.2, -0.15) is 0 Å². The van der Waals surface area contributed by atoms with Crippen LogP contribution in [0.4, 0.5) is 10.1 Å². The fourth-order valence-electron chi connectivity index (χ4n) is 4.12. The Balaban J connectivity index is 1.24. The number of pyridine rings is 1. The maximum absolute atomic E-state index is 14.9. The predicted molar refractivity (Wildman–Crippen MR) is 147 cm³/mol. The van der Waals surface area contributed by atoms with Gasteiger partial charge in [-0.3, -0.25) is 14.6 Å². The van der Waals surface area contributed by atoms with Gasteiger partial charge < -0.3 is 25.4 Å². The van der Waals surface area contributed by atoms with Crippen LogP contribution in [0.3, 0.4) is 0 Å². The molecule has 0 atom stereocenters. The first-order valence-corrected chi connectivity index (χ1v) is 13.1. The van der Waals surface area contributed by atoms with E-state index < -0.39 is 11.7 Å². The number of amides is 2. The minimum absolute atomic E-state index is 0.0110. The van der Waals surface area contributed by atoms with E-state index >= 15 is 0 Å². The van der Waals surface area contributed by atoms with Crippen LogP contribution in [0.2, 0.25) is 0 Å². The fourth-order valence-corrected chi connectivity index (χ4v) is 5.39. The SMILES string of the molecule is O=C(Cc1ccccc1O)NC(=S)Nc1ccc(Oc2ccnc3cc(C(=O)N4CCCC4)sc23)c(F)c1. The van der Waals surface area contributed by atoms with Gasteiger partial charge in [-0.25, -0.2) is 4.39 Å². The molecular weight excluding hydrogens is 527 g/mol. The number of hydrogen-bond acceptors (Lipinski definition) is 7. The van der Waals surface area contributed by atoms with Crippen molar-refractivity contribution in [3.05, 3.63) is 77.1 Å². The number of fused-ring (bicyclic) bond motifs is 1. The number of thiocarbonyl (C=S) groups is 1. The molecule has 8 nitrogen and oxygen atoms in total. The van der Waals surface area contributed by atoms with Gasteiger partial charge in [0.1, 0.15) is 11.5 Å². The van der Waals surface area contributed by atoms with E-state index in [-0.39, 0.29) is 28.9 Å². The van der Waals surface area contributed by atoms with Crippen molar-refractivity contribution < 1.29 is 23.8 Å². The second kappa shape index (κ2) is 11.1. The van der Waals surface area contributed by atoms with Crippen molar-refractivity contribution in [2.75, 3.05) is 18.4 Å². The van der Waals surface area contributed by atoms with E-state index in [1.807, 2.05) is 4.90 Å². The van der Waals surface area contributed by atoms with Crippen molar-refractivity contribution >= 4 is 56.4 Å². The van der Waals surface area contributed by atoms with Crippen LogP contribution >= 0.6 is 23.6 Å². The lowest BCUT2D eigenvalue weighted by atomic mass is 10.1. The third-order valence-corrected chi connectivity index (χ3v) is 7.32. The topological polar surface area (TPSA) is 104 Å². The number of nitrogens with one attached hydrogen (secondary N) is 2. The van der Waals surface area contributed by atoms with E-state index in [1.165, 1.54) is 29.5 Å². The highest BCUT2D eigenvalue weighted by Gasteiger charge is 2.23. The molecule has 1 saturated heterocycles. The molecule has 0 bridgehead atoms. The van der Waals surface area contributed by atoms with Crippen molar-refractivity contribution in [1.29, 1.82) is 0 Å². The number of para-hydroxylation sites is 1. The number of anilines is 1. The predicted octanol–water partition coefficient (Wildman–Crippen LogP) is 5.23. The van der Waals surface area contributed by atoms with E-state index in [0.717, 1.165) is 25.9 Å². The van der Waals surface area contributed by atoms with Crippen LogP contribution in [0.1, 0.15) is 28.1 Å². The Kier molecular flexibility index (Phi) is 7.47. The summed E-state index contributed by atoms with van der Waals surface area (Å²) in [5.41, 5.74) is 1.39. The van der Waals surface area contributed by atoms with Gasteiger partial charge in [-0.1, -0.05) is 18.2 Å². The van der Waals surface area contributed by atoms with Gasteiger partial charge >= 0.3 is 0 Å². The molecule has 2 aromatic heterocycles. The van der Waals surface area contributed by atoms with Crippen LogP contribution in [0.15, 0.2) is 60.8 Å². The van der Waals surface area contributed by atoms with Crippen molar-refractivity contribution in [1.82, 2.24) is 15.2 Å². The quantitative estimate of drug-likeness (QED) is 0.283. The Morgan fingerprint density at radius 3 is 2.66 bits per heavy atom. The summed E-state index contributed by atoms with van der Waals surface area (Å²) >= 11 is 6.44. The van der Waals surface area contributed by atoms with Crippen LogP contribution in [-0.4, -0.2) is 45.0 Å². The smallest absolute Gasteiger partial charge is 0.264 e. The number of aromatic nitrogens is 1. The molecule has 3 N–H and O–H groups in total. The lowest BCUT2D eigenvalue weighted by molar-refractivity contribution is -0.119. The minimum Gasteiger partial charge on any atom is -0.508 e. The molecule has 194 valence electrons. The molecule has 5 rings (SSSR count). The molecule has 3 heterocycles. The highest BCUT2D eigenvalue weighted by molar-refractivity contribution is 7.80. The number of hydrogen-bond donors (Lipinski definition) is 3. The summed E-state index contributed by atoms with van der Waals surface area (Å²) < 4.78 is 21.4. The summed E-state index contributed by atoms with van der Waals surface area (Å²) in [5, 5.41) is 15.1. The van der Waals surface area contributed by atoms with Gasteiger partial charge in [0.15, 0.2) is 16.7 Å². The van der Waals surface area contributed by atoms with Crippen LogP contribution in [0.5, 0.6) is 17.2 Å². The summed E-state index contributed by atoms with van der Waals surface area (Å²) in [6.45, 7) is 1.50. The number of benzene rings is 2. The van der Waals surface area contributed by atoms with Gasteiger partial charge in [0.25, 0.3) is 5.91 Å². The van der Waals surface area contributed by atoms with Gasteiger partial charge in [0, 0.05) is 42.7 Å². The number of carbonyl (C=O) groups excluding carboxylic acids is 2. The Bertz CT molecular complexity index is 1530. The molecule has 0 unspecified atom stereocenters. The number of likely N-dealkylation sites (tertiary alicyclic amines) is 1. The van der Waals surface area contributed by atoms with Gasteiger partial charge in [0.05, 0.1) is 21.5 Å². The summed E-state index contributed by atoms with van der Waals surface area (Å²) in [5.74, 6) is -0.701. The van der Waals surface area contributed by atoms with Gasteiger partial charge in [0.2, 0.25) is 5.91 Å². The lowest BCUT2D eigenvalue weighted by Gasteiger charge is -2.13. The molecule has 0 spiro atoms. The van der Waals surface area contributed by atoms with E-state index in [2.05, 4.69) is 15.6 Å². The first-order chi connectivity index (χ1) is 18.4. The number of nitrogens with zero attached hydrogens (tertiary/aromatic N) is 2. The fraction of sp³-hybridized carbons (Fsp3) is 0.185. The zero-order valence-corrected chi connectivity index (χ0v) is 21.7. The standard InChI is InChI=1S/C27H23FN4O4S2/c28-18-14-17(30-27(37)31-24(34)13-16-5-1-2-6-20(16)33)7-8-21(18)36-22-9-10-29-19-15-23(38-25(19)22)26(35)32-11-3-4-12-32/h1-2,5-10,14-15,33H,3-4,11-13H2,(H2,30,31,34,37). The number of thiophene rings is 1. The van der Waals surface area contributed by atoms with E-state index in [1.54, 1.807) is 42.6 Å². The van der Waals surface area contributed by atoms with E-state index in [9.17, 15) is 19.1 Å². The zero-order chi connectivity index (χ0) is 26.6. The molecule has 1 aliphatic rings. The molecule has 38 heavy (non-hydrogen) atoms. The Morgan fingerprint density at radius 2 is 1.89 bits per heavy atom. The summed E-state index contributed by atoms with van der Waals surface area (Å²) in [7, 11) is 0. The van der Waals surface area contributed by atoms with Crippen LogP contribution in [-0.2, 0) is 11.2 Å². The van der Waals surface area contributed by atoms with Crippen molar-refractivity contribution in [3.63, 3.8) is 0 Å². The van der Waals surface area contributed by atoms with Crippen LogP contribution in [0, 0.1) is 5.82 Å². The number of carbonyl (C=O) groups is 2. The minimum atomic E-state index is -0.645. The summed E-state index contributed by atoms with van der Waals surface area (Å²) in [6.07, 6.45) is 3.49. The number of halogens is 1. The number of phenolic OH excluding ortho intramolecular Hbond substituents is 1. The molecule has 0 radical (unpaired) electrons. The molecule has 0 aliphatic carbocycles. The first-order valence-electron chi connectivity index (χ1n) is 11.9. The average Bonchev–Trinajstić information content (AvgIpc) is 3.57. The van der Waals surface area contributed by atoms with Crippen molar-refractivity contribution in [3.8, 4) is 17.2 Å². The van der Waals surface area contributed by atoms with Crippen LogP contribution < -0.4 is 15.4 Å². The van der Waals surface area contributed by atoms with Crippen LogP contribution in [0.25, 0.3) is 10.2 Å². The molecule has 2 amide bonds. The molecule has 4 aromatic rings. The second-order valence-electron chi connectivity index (χ2n) is 8.69. The zero-order valence-electron chi connectivity index (χ0n) is 20.1. The van der Waals surface area contributed by atoms with Gasteiger partial charge in [-0.05, 0) is 49.3 Å². The van der Waals surface area contributed by atoms with E-state index in [4.69, 9.17) is 17.0 Å². The maximum atomic E-state index is 14.9. The van der Waals surface area contributed by atoms with Crippen molar-refractivity contribution in [2.24, 2.45) is 0 Å². The highest BCUT2D eigenvalue weighted by atomic mass is 32.1. The second-order valence-corrected chi connectivity index (χ2v) is 10.1. The van der Waals surface area contributed by atoms with Gasteiger partial charge in [-0.15, -0.1) is 11.3 Å². The number of phenols is 1.